The first-order valence-electron chi connectivity index (χ1n) is 7.26. The summed E-state index contributed by atoms with van der Waals surface area (Å²) in [6, 6.07) is 10.8. The van der Waals surface area contributed by atoms with Crippen molar-refractivity contribution in [1.29, 1.82) is 0 Å². The molecule has 0 radical (unpaired) electrons. The maximum atomic E-state index is 5.64. The van der Waals surface area contributed by atoms with E-state index in [4.69, 9.17) is 5.73 Å². The summed E-state index contributed by atoms with van der Waals surface area (Å²) in [4.78, 5) is 6.28. The average Bonchev–Trinajstić information content (AvgIpc) is 3.04. The van der Waals surface area contributed by atoms with E-state index < -0.39 is 0 Å². The molecular formula is C17H19BrN2S. The Hall–Kier alpha value is -1.10. The highest BCUT2D eigenvalue weighted by Gasteiger charge is 2.15. The first kappa shape index (κ1) is 14.8. The lowest BCUT2D eigenvalue weighted by atomic mass is 10.0. The predicted octanol–water partition coefficient (Wildman–Crippen LogP) is 5.25. The van der Waals surface area contributed by atoms with Crippen LogP contribution in [-0.4, -0.2) is 11.5 Å². The fraction of sp³-hybridized carbons (Fsp3) is 0.294. The number of aromatic nitrogens is 1. The van der Waals surface area contributed by atoms with Crippen molar-refractivity contribution in [3.63, 3.8) is 0 Å². The second kappa shape index (κ2) is 6.34. The Morgan fingerprint density at radius 2 is 2.05 bits per heavy atom. The molecular weight excluding hydrogens is 344 g/mol. The quantitative estimate of drug-likeness (QED) is 0.598. The van der Waals surface area contributed by atoms with Crippen LogP contribution in [0, 0.1) is 6.92 Å². The van der Waals surface area contributed by atoms with Gasteiger partial charge in [-0.3, -0.25) is 0 Å². The minimum absolute atomic E-state index is 0.763. The molecule has 21 heavy (non-hydrogen) atoms. The van der Waals surface area contributed by atoms with E-state index >= 15 is 0 Å². The Morgan fingerprint density at radius 3 is 2.76 bits per heavy atom. The van der Waals surface area contributed by atoms with Gasteiger partial charge in [0.25, 0.3) is 0 Å². The topological polar surface area (TPSA) is 41.8 Å². The number of thiophene rings is 1. The summed E-state index contributed by atoms with van der Waals surface area (Å²) in [6.45, 7) is 2.92. The first-order valence-corrected chi connectivity index (χ1v) is 8.87. The molecule has 2 aromatic heterocycles. The zero-order valence-corrected chi connectivity index (χ0v) is 14.5. The highest BCUT2D eigenvalue weighted by molar-refractivity contribution is 9.10. The Bertz CT molecular complexity index is 757. The fourth-order valence-electron chi connectivity index (χ4n) is 2.72. The van der Waals surface area contributed by atoms with Crippen LogP contribution in [0.1, 0.15) is 23.3 Å². The Balaban J connectivity index is 2.12. The van der Waals surface area contributed by atoms with Crippen LogP contribution < -0.4 is 5.73 Å². The number of fused-ring (bicyclic) bond motifs is 1. The number of nitrogens with one attached hydrogen (secondary N) is 1. The average molecular weight is 363 g/mol. The van der Waals surface area contributed by atoms with Crippen LogP contribution in [0.4, 0.5) is 0 Å². The van der Waals surface area contributed by atoms with E-state index in [1.165, 1.54) is 31.9 Å². The Kier molecular flexibility index (Phi) is 4.48. The van der Waals surface area contributed by atoms with E-state index in [0.717, 1.165) is 30.3 Å². The molecule has 2 heterocycles. The van der Waals surface area contributed by atoms with Crippen molar-refractivity contribution in [2.75, 3.05) is 6.54 Å². The number of para-hydroxylation sites is 1. The van der Waals surface area contributed by atoms with E-state index in [1.807, 2.05) is 11.3 Å². The minimum atomic E-state index is 0.763. The summed E-state index contributed by atoms with van der Waals surface area (Å²) in [5.41, 5.74) is 9.53. The number of hydrogen-bond donors (Lipinski definition) is 2. The van der Waals surface area contributed by atoms with Crippen LogP contribution in [0.3, 0.4) is 0 Å². The summed E-state index contributed by atoms with van der Waals surface area (Å²) in [5, 5.41) is 1.32. The van der Waals surface area contributed by atoms with Gasteiger partial charge in [0, 0.05) is 14.7 Å². The van der Waals surface area contributed by atoms with Crippen molar-refractivity contribution in [3.05, 3.63) is 45.2 Å². The van der Waals surface area contributed by atoms with E-state index in [9.17, 15) is 0 Å². The third kappa shape index (κ3) is 2.93. The highest BCUT2D eigenvalue weighted by atomic mass is 79.9. The molecule has 1 aromatic carbocycles. The molecule has 2 nitrogen and oxygen atoms in total. The third-order valence-electron chi connectivity index (χ3n) is 3.76. The molecule has 0 unspecified atom stereocenters. The van der Waals surface area contributed by atoms with Gasteiger partial charge in [-0.2, -0.15) is 0 Å². The monoisotopic (exact) mass is 362 g/mol. The second-order valence-electron chi connectivity index (χ2n) is 5.30. The molecule has 0 amide bonds. The third-order valence-corrected chi connectivity index (χ3v) is 5.44. The van der Waals surface area contributed by atoms with Crippen LogP contribution in [0.15, 0.2) is 34.8 Å². The first-order chi connectivity index (χ1) is 10.2. The van der Waals surface area contributed by atoms with Gasteiger partial charge in [0.1, 0.15) is 0 Å². The number of H-pyrrole nitrogens is 1. The molecule has 0 bridgehead atoms. The number of nitrogens with two attached hydrogens (primary N) is 1. The number of benzene rings is 1. The number of aromatic amines is 1. The number of halogens is 1. The number of aryl methyl sites for hydroxylation is 2. The molecule has 4 heteroatoms. The van der Waals surface area contributed by atoms with Gasteiger partial charge in [-0.1, -0.05) is 12.1 Å². The van der Waals surface area contributed by atoms with Gasteiger partial charge in [-0.25, -0.2) is 0 Å². The van der Waals surface area contributed by atoms with Gasteiger partial charge in [0.05, 0.1) is 16.1 Å². The zero-order chi connectivity index (χ0) is 14.8. The summed E-state index contributed by atoms with van der Waals surface area (Å²) < 4.78 is 1.12. The van der Waals surface area contributed by atoms with Crippen molar-refractivity contribution < 1.29 is 0 Å². The lowest BCUT2D eigenvalue weighted by molar-refractivity contribution is 0.748. The molecule has 0 aliphatic carbocycles. The van der Waals surface area contributed by atoms with Gasteiger partial charge < -0.3 is 10.7 Å². The molecule has 0 spiro atoms. The van der Waals surface area contributed by atoms with Gasteiger partial charge in [-0.15, -0.1) is 11.3 Å². The molecule has 0 fully saturated rings. The van der Waals surface area contributed by atoms with Crippen molar-refractivity contribution in [2.45, 2.75) is 26.2 Å². The molecule has 3 N–H and O–H groups in total. The maximum Gasteiger partial charge on any atom is 0.0606 e. The summed E-state index contributed by atoms with van der Waals surface area (Å²) >= 11 is 5.50. The van der Waals surface area contributed by atoms with Crippen LogP contribution in [-0.2, 0) is 6.42 Å². The SMILES string of the molecule is Cc1ccc(-c2[nH]c3c(Br)cccc3c2CCCCN)s1. The molecule has 0 saturated heterocycles. The number of hydrogen-bond acceptors (Lipinski definition) is 2. The van der Waals surface area contributed by atoms with Crippen molar-refractivity contribution >= 4 is 38.2 Å². The van der Waals surface area contributed by atoms with E-state index in [2.05, 4.69) is 58.2 Å². The summed E-state index contributed by atoms with van der Waals surface area (Å²) in [7, 11) is 0. The molecule has 0 aliphatic rings. The van der Waals surface area contributed by atoms with Gasteiger partial charge >= 0.3 is 0 Å². The second-order valence-corrected chi connectivity index (χ2v) is 7.44. The van der Waals surface area contributed by atoms with Crippen LogP contribution in [0.25, 0.3) is 21.5 Å². The standard InChI is InChI=1S/C17H19BrN2S/c1-11-8-9-15(21-11)17-13(5-2-3-10-19)12-6-4-7-14(18)16(12)20-17/h4,6-9,20H,2-3,5,10,19H2,1H3. The lowest BCUT2D eigenvalue weighted by Crippen LogP contribution is -1.99. The Morgan fingerprint density at radius 1 is 1.19 bits per heavy atom. The Labute approximate surface area is 137 Å². The molecule has 0 saturated carbocycles. The molecule has 3 rings (SSSR count). The van der Waals surface area contributed by atoms with Gasteiger partial charge in [0.15, 0.2) is 0 Å². The van der Waals surface area contributed by atoms with Gasteiger partial charge in [-0.05, 0) is 72.4 Å². The van der Waals surface area contributed by atoms with E-state index in [0.29, 0.717) is 0 Å². The summed E-state index contributed by atoms with van der Waals surface area (Å²) in [5.74, 6) is 0. The maximum absolute atomic E-state index is 5.64. The van der Waals surface area contributed by atoms with E-state index in [1.54, 1.807) is 0 Å². The van der Waals surface area contributed by atoms with Crippen LogP contribution in [0.2, 0.25) is 0 Å². The normalized spacial score (nSPS) is 11.4. The molecule has 110 valence electrons. The lowest BCUT2D eigenvalue weighted by Gasteiger charge is -2.03. The fourth-order valence-corrected chi connectivity index (χ4v) is 4.08. The van der Waals surface area contributed by atoms with Crippen molar-refractivity contribution in [1.82, 2.24) is 4.98 Å². The molecule has 0 aliphatic heterocycles. The minimum Gasteiger partial charge on any atom is -0.353 e. The molecule has 3 aromatic rings. The van der Waals surface area contributed by atoms with Crippen LogP contribution in [0.5, 0.6) is 0 Å². The van der Waals surface area contributed by atoms with Crippen molar-refractivity contribution in [2.24, 2.45) is 5.73 Å². The highest BCUT2D eigenvalue weighted by Crippen LogP contribution is 2.37. The van der Waals surface area contributed by atoms with E-state index in [-0.39, 0.29) is 0 Å². The van der Waals surface area contributed by atoms with Crippen LogP contribution >= 0.6 is 27.3 Å². The predicted molar refractivity (Wildman–Crippen MR) is 96.0 cm³/mol. The smallest absolute Gasteiger partial charge is 0.0606 e. The zero-order valence-electron chi connectivity index (χ0n) is 12.1. The molecule has 0 atom stereocenters. The van der Waals surface area contributed by atoms with Gasteiger partial charge in [0.2, 0.25) is 0 Å². The van der Waals surface area contributed by atoms with Crippen molar-refractivity contribution in [3.8, 4) is 10.6 Å². The number of rotatable bonds is 5. The summed E-state index contributed by atoms with van der Waals surface area (Å²) in [6.07, 6.45) is 3.27. The number of unbranched alkanes of at least 4 members (excludes halogenated alkanes) is 1. The largest absolute Gasteiger partial charge is 0.353 e.